The number of nitrogens with one attached hydrogen (secondary N) is 1. The molecule has 1 aliphatic carbocycles. The normalized spacial score (nSPS) is 16.7. The van der Waals surface area contributed by atoms with Crippen molar-refractivity contribution in [2.45, 2.75) is 31.4 Å². The van der Waals surface area contributed by atoms with Gasteiger partial charge in [-0.15, -0.1) is 0 Å². The van der Waals surface area contributed by atoms with Crippen molar-refractivity contribution in [2.24, 2.45) is 0 Å². The Kier molecular flexibility index (Phi) is 4.01. The van der Waals surface area contributed by atoms with Crippen molar-refractivity contribution in [1.82, 2.24) is 5.32 Å². The van der Waals surface area contributed by atoms with Crippen LogP contribution in [-0.4, -0.2) is 29.3 Å². The van der Waals surface area contributed by atoms with E-state index in [0.29, 0.717) is 18.8 Å². The molecule has 0 saturated heterocycles. The molecule has 0 aliphatic heterocycles. The topological polar surface area (TPSA) is 84.6 Å². The number of methoxy groups -OCH3 is 1. The molecule has 0 atom stereocenters. The Hall–Kier alpha value is -1.66. The number of non-ortho nitro benzene ring substituents is 1. The van der Waals surface area contributed by atoms with Crippen LogP contribution in [0.4, 0.5) is 5.69 Å². The van der Waals surface area contributed by atoms with E-state index >= 15 is 0 Å². The Morgan fingerprint density at radius 3 is 2.79 bits per heavy atom. The van der Waals surface area contributed by atoms with Gasteiger partial charge in [-0.2, -0.15) is 0 Å². The average molecular weight is 266 g/mol. The van der Waals surface area contributed by atoms with Crippen LogP contribution < -0.4 is 10.1 Å². The van der Waals surface area contributed by atoms with Crippen LogP contribution in [-0.2, 0) is 6.54 Å². The summed E-state index contributed by atoms with van der Waals surface area (Å²) in [6.45, 7) is 0.937. The van der Waals surface area contributed by atoms with Crippen LogP contribution in [0.25, 0.3) is 0 Å². The van der Waals surface area contributed by atoms with E-state index < -0.39 is 10.5 Å². The smallest absolute Gasteiger partial charge is 0.270 e. The molecule has 2 rings (SSSR count). The minimum Gasteiger partial charge on any atom is -0.496 e. The van der Waals surface area contributed by atoms with Crippen molar-refractivity contribution < 1.29 is 14.8 Å². The molecule has 1 aromatic carbocycles. The lowest BCUT2D eigenvalue weighted by Gasteiger charge is -2.36. The van der Waals surface area contributed by atoms with E-state index in [-0.39, 0.29) is 5.69 Å². The minimum atomic E-state index is -0.603. The highest BCUT2D eigenvalue weighted by Crippen LogP contribution is 2.31. The van der Waals surface area contributed by atoms with E-state index in [1.165, 1.54) is 19.2 Å². The summed E-state index contributed by atoms with van der Waals surface area (Å²) in [5.41, 5.74) is 0.160. The second kappa shape index (κ2) is 5.54. The van der Waals surface area contributed by atoms with E-state index in [2.05, 4.69) is 5.32 Å². The molecule has 0 unspecified atom stereocenters. The Morgan fingerprint density at radius 1 is 1.53 bits per heavy atom. The first kappa shape index (κ1) is 13.8. The first-order chi connectivity index (χ1) is 9.04. The van der Waals surface area contributed by atoms with Gasteiger partial charge in [0.1, 0.15) is 5.75 Å². The fourth-order valence-electron chi connectivity index (χ4n) is 2.21. The van der Waals surface area contributed by atoms with Crippen molar-refractivity contribution in [1.29, 1.82) is 0 Å². The van der Waals surface area contributed by atoms with Gasteiger partial charge in [-0.1, -0.05) is 0 Å². The predicted molar refractivity (Wildman–Crippen MR) is 70.2 cm³/mol. The molecule has 1 aliphatic rings. The summed E-state index contributed by atoms with van der Waals surface area (Å²) in [7, 11) is 1.53. The number of nitro groups is 1. The largest absolute Gasteiger partial charge is 0.496 e. The molecule has 0 spiro atoms. The number of aliphatic hydroxyl groups is 1. The summed E-state index contributed by atoms with van der Waals surface area (Å²) in [6, 6.07) is 4.51. The number of rotatable bonds is 6. The molecule has 0 amide bonds. The number of hydrogen-bond acceptors (Lipinski definition) is 5. The highest BCUT2D eigenvalue weighted by atomic mass is 16.6. The van der Waals surface area contributed by atoms with E-state index in [1.807, 2.05) is 0 Å². The fraction of sp³-hybridized carbons (Fsp3) is 0.538. The molecular formula is C13H18N2O4. The van der Waals surface area contributed by atoms with Crippen molar-refractivity contribution in [2.75, 3.05) is 13.7 Å². The lowest BCUT2D eigenvalue weighted by molar-refractivity contribution is -0.384. The van der Waals surface area contributed by atoms with Crippen LogP contribution in [0.1, 0.15) is 24.8 Å². The van der Waals surface area contributed by atoms with Gasteiger partial charge in [0.25, 0.3) is 5.69 Å². The van der Waals surface area contributed by atoms with Gasteiger partial charge >= 0.3 is 0 Å². The molecule has 104 valence electrons. The van der Waals surface area contributed by atoms with Crippen molar-refractivity contribution in [3.8, 4) is 5.75 Å². The van der Waals surface area contributed by atoms with Crippen molar-refractivity contribution >= 4 is 5.69 Å². The first-order valence-electron chi connectivity index (χ1n) is 6.28. The highest BCUT2D eigenvalue weighted by Gasteiger charge is 2.33. The van der Waals surface area contributed by atoms with E-state index in [1.54, 1.807) is 6.07 Å². The third kappa shape index (κ3) is 3.21. The second-order valence-corrected chi connectivity index (χ2v) is 4.93. The number of nitrogens with zero attached hydrogens (tertiary/aromatic N) is 1. The zero-order valence-electron chi connectivity index (χ0n) is 10.9. The predicted octanol–water partition coefficient (Wildman–Crippen LogP) is 1.61. The maximum atomic E-state index is 10.7. The molecule has 6 nitrogen and oxygen atoms in total. The number of hydrogen-bond donors (Lipinski definition) is 2. The van der Waals surface area contributed by atoms with Crippen LogP contribution in [0.2, 0.25) is 0 Å². The van der Waals surface area contributed by atoms with Gasteiger partial charge in [0.15, 0.2) is 0 Å². The van der Waals surface area contributed by atoms with Crippen LogP contribution in [0.5, 0.6) is 5.75 Å². The lowest BCUT2D eigenvalue weighted by atomic mass is 9.80. The third-order valence-corrected chi connectivity index (χ3v) is 3.53. The molecule has 1 aromatic rings. The number of benzene rings is 1. The molecule has 1 fully saturated rings. The minimum absolute atomic E-state index is 0.0416. The van der Waals surface area contributed by atoms with E-state index in [9.17, 15) is 15.2 Å². The summed E-state index contributed by atoms with van der Waals surface area (Å²) in [6.07, 6.45) is 2.68. The number of nitro benzene ring substituents is 1. The number of ether oxygens (including phenoxy) is 1. The van der Waals surface area contributed by atoms with Gasteiger partial charge in [0, 0.05) is 30.8 Å². The van der Waals surface area contributed by atoms with Gasteiger partial charge in [0.05, 0.1) is 17.6 Å². The van der Waals surface area contributed by atoms with Gasteiger partial charge in [-0.05, 0) is 25.3 Å². The van der Waals surface area contributed by atoms with Crippen LogP contribution in [0.3, 0.4) is 0 Å². The van der Waals surface area contributed by atoms with Crippen molar-refractivity contribution in [3.63, 3.8) is 0 Å². The quantitative estimate of drug-likeness (QED) is 0.603. The standard InChI is InChI=1S/C13H18N2O4/c1-19-12-4-3-11(15(17)18)7-10(12)8-14-9-13(16)5-2-6-13/h3-4,7,14,16H,2,5-6,8-9H2,1H3. The highest BCUT2D eigenvalue weighted by molar-refractivity contribution is 5.43. The molecule has 0 aromatic heterocycles. The summed E-state index contributed by atoms with van der Waals surface area (Å²) in [4.78, 5) is 10.3. The van der Waals surface area contributed by atoms with Gasteiger partial charge in [-0.25, -0.2) is 0 Å². The SMILES string of the molecule is COc1ccc([N+](=O)[O-])cc1CNCC1(O)CCC1. The molecule has 0 radical (unpaired) electrons. The van der Waals surface area contributed by atoms with Gasteiger partial charge in [0.2, 0.25) is 0 Å². The lowest BCUT2D eigenvalue weighted by Crippen LogP contribution is -2.46. The van der Waals surface area contributed by atoms with Gasteiger partial charge in [-0.3, -0.25) is 10.1 Å². The van der Waals surface area contributed by atoms with Crippen LogP contribution >= 0.6 is 0 Å². The second-order valence-electron chi connectivity index (χ2n) is 4.93. The molecule has 0 heterocycles. The molecule has 1 saturated carbocycles. The zero-order valence-corrected chi connectivity index (χ0v) is 10.9. The first-order valence-corrected chi connectivity index (χ1v) is 6.28. The van der Waals surface area contributed by atoms with E-state index in [4.69, 9.17) is 4.74 Å². The average Bonchev–Trinajstić information content (AvgIpc) is 2.36. The van der Waals surface area contributed by atoms with Gasteiger partial charge < -0.3 is 15.2 Å². The van der Waals surface area contributed by atoms with Crippen LogP contribution in [0, 0.1) is 10.1 Å². The fourth-order valence-corrected chi connectivity index (χ4v) is 2.21. The van der Waals surface area contributed by atoms with E-state index in [0.717, 1.165) is 24.8 Å². The molecule has 0 bridgehead atoms. The molecule has 2 N–H and O–H groups in total. The molecule has 6 heteroatoms. The summed E-state index contributed by atoms with van der Waals surface area (Å²) >= 11 is 0. The third-order valence-electron chi connectivity index (χ3n) is 3.53. The monoisotopic (exact) mass is 266 g/mol. The van der Waals surface area contributed by atoms with Crippen LogP contribution in [0.15, 0.2) is 18.2 Å². The Labute approximate surface area is 111 Å². The maximum Gasteiger partial charge on any atom is 0.270 e. The molecule has 19 heavy (non-hydrogen) atoms. The Morgan fingerprint density at radius 2 is 2.26 bits per heavy atom. The Balaban J connectivity index is 2.00. The summed E-state index contributed by atoms with van der Waals surface area (Å²) < 4.78 is 5.18. The summed E-state index contributed by atoms with van der Waals surface area (Å²) in [5, 5.41) is 23.8. The molecular weight excluding hydrogens is 248 g/mol. The van der Waals surface area contributed by atoms with Crippen molar-refractivity contribution in [3.05, 3.63) is 33.9 Å². The summed E-state index contributed by atoms with van der Waals surface area (Å²) in [5.74, 6) is 0.610. The maximum absolute atomic E-state index is 10.7. The zero-order chi connectivity index (χ0) is 13.9. The Bertz CT molecular complexity index is 472.